The summed E-state index contributed by atoms with van der Waals surface area (Å²) in [6.45, 7) is 6.19. The SMILES string of the molecule is C=CCOc1c(OCC)cc(C2N=C(NC#N)Nc3nc(N)c(C#N)c(N)c32)c(Br)c1Br. The van der Waals surface area contributed by atoms with Gasteiger partial charge in [0, 0.05) is 15.6 Å². The van der Waals surface area contributed by atoms with E-state index in [0.717, 1.165) is 0 Å². The topological polar surface area (TPSA) is 167 Å². The summed E-state index contributed by atoms with van der Waals surface area (Å²) in [6.07, 6.45) is 3.44. The van der Waals surface area contributed by atoms with E-state index in [4.69, 9.17) is 26.2 Å². The van der Waals surface area contributed by atoms with Gasteiger partial charge in [-0.25, -0.2) is 9.98 Å². The summed E-state index contributed by atoms with van der Waals surface area (Å²) in [6, 6.07) is 2.99. The number of benzene rings is 1. The number of aromatic nitrogens is 1. The number of rotatable bonds is 6. The first-order chi connectivity index (χ1) is 15.4. The fourth-order valence-corrected chi connectivity index (χ4v) is 4.20. The van der Waals surface area contributed by atoms with Gasteiger partial charge in [-0.2, -0.15) is 10.5 Å². The second-order valence-corrected chi connectivity index (χ2v) is 7.94. The Morgan fingerprint density at radius 3 is 2.69 bits per heavy atom. The molecule has 2 heterocycles. The number of nitriles is 2. The summed E-state index contributed by atoms with van der Waals surface area (Å²) in [5.74, 6) is 1.35. The highest BCUT2D eigenvalue weighted by Crippen LogP contribution is 2.49. The highest BCUT2D eigenvalue weighted by Gasteiger charge is 2.32. The van der Waals surface area contributed by atoms with Crippen LogP contribution in [0.3, 0.4) is 0 Å². The summed E-state index contributed by atoms with van der Waals surface area (Å²) < 4.78 is 12.8. The number of nitrogens with two attached hydrogens (primary N) is 2. The lowest BCUT2D eigenvalue weighted by Gasteiger charge is -2.27. The van der Waals surface area contributed by atoms with Gasteiger partial charge < -0.3 is 26.3 Å². The van der Waals surface area contributed by atoms with Crippen LogP contribution in [0.2, 0.25) is 0 Å². The largest absolute Gasteiger partial charge is 0.490 e. The number of fused-ring (bicyclic) bond motifs is 1. The number of pyridine rings is 1. The maximum absolute atomic E-state index is 9.50. The van der Waals surface area contributed by atoms with Crippen LogP contribution >= 0.6 is 31.9 Å². The van der Waals surface area contributed by atoms with Gasteiger partial charge in [0.05, 0.1) is 16.8 Å². The minimum absolute atomic E-state index is 0.0309. The average molecular weight is 562 g/mol. The van der Waals surface area contributed by atoms with Crippen molar-refractivity contribution in [3.63, 3.8) is 0 Å². The number of nitrogens with one attached hydrogen (secondary N) is 2. The minimum Gasteiger partial charge on any atom is -0.490 e. The standard InChI is InChI=1S/C20H18Br2N8O2/c1-3-5-32-17-11(31-4-2)6-9(13(21)14(17)22)16-12-15(25)10(7-23)18(26)29-19(12)30-20(28-16)27-8-24/h3,6,16H,1,4-5H2,2H3,(H6,25,26,27,28,29,30). The first-order valence-corrected chi connectivity index (χ1v) is 10.8. The fourth-order valence-electron chi connectivity index (χ4n) is 3.15. The maximum Gasteiger partial charge on any atom is 0.211 e. The van der Waals surface area contributed by atoms with Crippen LogP contribution in [-0.2, 0) is 0 Å². The molecule has 1 aromatic heterocycles. The molecule has 1 aliphatic heterocycles. The molecule has 1 aliphatic rings. The molecule has 10 nitrogen and oxygen atoms in total. The molecule has 1 aromatic carbocycles. The highest BCUT2D eigenvalue weighted by molar-refractivity contribution is 9.13. The molecule has 0 saturated heterocycles. The third-order valence-corrected chi connectivity index (χ3v) is 6.60. The normalized spacial score (nSPS) is 14.2. The molecule has 164 valence electrons. The fraction of sp³-hybridized carbons (Fsp3) is 0.200. The molecule has 3 rings (SSSR count). The maximum atomic E-state index is 9.50. The lowest BCUT2D eigenvalue weighted by atomic mass is 9.95. The van der Waals surface area contributed by atoms with Crippen LogP contribution in [0, 0.1) is 22.8 Å². The van der Waals surface area contributed by atoms with Crippen LogP contribution in [0.5, 0.6) is 11.5 Å². The Morgan fingerprint density at radius 2 is 2.06 bits per heavy atom. The molecule has 0 radical (unpaired) electrons. The molecule has 2 aromatic rings. The molecule has 0 fully saturated rings. The van der Waals surface area contributed by atoms with Gasteiger partial charge in [-0.15, -0.1) is 0 Å². The van der Waals surface area contributed by atoms with Crippen molar-refractivity contribution in [1.82, 2.24) is 10.3 Å². The number of ether oxygens (including phenoxy) is 2. The van der Waals surface area contributed by atoms with Gasteiger partial charge in [-0.3, -0.25) is 5.32 Å². The van der Waals surface area contributed by atoms with E-state index in [1.54, 1.807) is 12.1 Å². The van der Waals surface area contributed by atoms with E-state index < -0.39 is 6.04 Å². The average Bonchev–Trinajstić information content (AvgIpc) is 2.76. The molecule has 1 atom stereocenters. The quantitative estimate of drug-likeness (QED) is 0.234. The Kier molecular flexibility index (Phi) is 7.08. The summed E-state index contributed by atoms with van der Waals surface area (Å²) >= 11 is 7.15. The van der Waals surface area contributed by atoms with Crippen molar-refractivity contribution >= 4 is 55.1 Å². The predicted octanol–water partition coefficient (Wildman–Crippen LogP) is 3.55. The van der Waals surface area contributed by atoms with Crippen molar-refractivity contribution in [2.45, 2.75) is 13.0 Å². The number of halogens is 2. The summed E-state index contributed by atoms with van der Waals surface area (Å²) in [7, 11) is 0. The zero-order valence-electron chi connectivity index (χ0n) is 16.9. The summed E-state index contributed by atoms with van der Waals surface area (Å²) in [5.41, 5.74) is 13.5. The minimum atomic E-state index is -0.749. The van der Waals surface area contributed by atoms with Crippen molar-refractivity contribution in [2.75, 3.05) is 30.0 Å². The molecule has 6 N–H and O–H groups in total. The first kappa shape index (κ1) is 23.2. The second kappa shape index (κ2) is 9.77. The highest BCUT2D eigenvalue weighted by atomic mass is 79.9. The number of hydrogen-bond acceptors (Lipinski definition) is 10. The third-order valence-electron chi connectivity index (χ3n) is 4.45. The van der Waals surface area contributed by atoms with Gasteiger partial charge in [0.2, 0.25) is 5.96 Å². The van der Waals surface area contributed by atoms with E-state index in [0.29, 0.717) is 38.2 Å². The van der Waals surface area contributed by atoms with Gasteiger partial charge in [0.1, 0.15) is 35.9 Å². The number of nitrogen functional groups attached to an aromatic ring is 2. The summed E-state index contributed by atoms with van der Waals surface area (Å²) in [4.78, 5) is 8.84. The van der Waals surface area contributed by atoms with Crippen molar-refractivity contribution < 1.29 is 9.47 Å². The smallest absolute Gasteiger partial charge is 0.211 e. The lowest BCUT2D eigenvalue weighted by Crippen LogP contribution is -2.33. The molecule has 0 spiro atoms. The molecule has 0 bridgehead atoms. The van der Waals surface area contributed by atoms with Crippen LogP contribution in [-0.4, -0.2) is 24.2 Å². The van der Waals surface area contributed by atoms with E-state index in [9.17, 15) is 5.26 Å². The Hall–Kier alpha value is -3.48. The van der Waals surface area contributed by atoms with E-state index in [2.05, 4.69) is 59.0 Å². The van der Waals surface area contributed by atoms with Gasteiger partial charge >= 0.3 is 0 Å². The van der Waals surface area contributed by atoms with Crippen molar-refractivity contribution in [3.05, 3.63) is 44.4 Å². The van der Waals surface area contributed by atoms with Crippen molar-refractivity contribution in [3.8, 4) is 23.8 Å². The second-order valence-electron chi connectivity index (χ2n) is 6.36. The monoisotopic (exact) mass is 560 g/mol. The van der Waals surface area contributed by atoms with Crippen LogP contribution in [0.1, 0.15) is 29.7 Å². The third kappa shape index (κ3) is 4.15. The zero-order chi connectivity index (χ0) is 23.4. The Bertz CT molecular complexity index is 1200. The molecular formula is C20H18Br2N8O2. The van der Waals surface area contributed by atoms with Crippen LogP contribution in [0.15, 0.2) is 32.7 Å². The lowest BCUT2D eigenvalue weighted by molar-refractivity contribution is 0.295. The molecular weight excluding hydrogens is 544 g/mol. The van der Waals surface area contributed by atoms with E-state index in [1.807, 2.05) is 19.2 Å². The molecule has 12 heteroatoms. The van der Waals surface area contributed by atoms with Gasteiger partial charge in [-0.1, -0.05) is 12.7 Å². The van der Waals surface area contributed by atoms with E-state index >= 15 is 0 Å². The van der Waals surface area contributed by atoms with Crippen LogP contribution in [0.4, 0.5) is 17.3 Å². The molecule has 32 heavy (non-hydrogen) atoms. The number of nitrogens with zero attached hydrogens (tertiary/aromatic N) is 4. The molecule has 1 unspecified atom stereocenters. The van der Waals surface area contributed by atoms with Crippen molar-refractivity contribution in [2.24, 2.45) is 4.99 Å². The van der Waals surface area contributed by atoms with E-state index in [-0.39, 0.29) is 35.5 Å². The van der Waals surface area contributed by atoms with Crippen molar-refractivity contribution in [1.29, 1.82) is 10.5 Å². The number of hydrogen-bond donors (Lipinski definition) is 4. The number of aliphatic imine (C=N–C) groups is 1. The van der Waals surface area contributed by atoms with E-state index in [1.165, 1.54) is 0 Å². The number of guanidine groups is 1. The Morgan fingerprint density at radius 1 is 1.31 bits per heavy atom. The molecule has 0 amide bonds. The Balaban J connectivity index is 2.30. The molecule has 0 saturated carbocycles. The predicted molar refractivity (Wildman–Crippen MR) is 128 cm³/mol. The number of anilines is 3. The first-order valence-electron chi connectivity index (χ1n) is 9.25. The summed E-state index contributed by atoms with van der Waals surface area (Å²) in [5, 5.41) is 23.9. The van der Waals surface area contributed by atoms with Gasteiger partial charge in [0.25, 0.3) is 0 Å². The Labute approximate surface area is 201 Å². The van der Waals surface area contributed by atoms with Gasteiger partial charge in [0.15, 0.2) is 17.7 Å². The van der Waals surface area contributed by atoms with Crippen LogP contribution in [0.25, 0.3) is 0 Å². The van der Waals surface area contributed by atoms with Crippen LogP contribution < -0.4 is 31.6 Å². The molecule has 0 aliphatic carbocycles. The zero-order valence-corrected chi connectivity index (χ0v) is 20.0. The van der Waals surface area contributed by atoms with Gasteiger partial charge in [-0.05, 0) is 44.8 Å².